The summed E-state index contributed by atoms with van der Waals surface area (Å²) in [6.07, 6.45) is 6.63. The molecule has 1 aliphatic rings. The first-order valence-electron chi connectivity index (χ1n) is 8.14. The fraction of sp³-hybridized carbons (Fsp3) is 0.533. The highest BCUT2D eigenvalue weighted by Gasteiger charge is 2.32. The van der Waals surface area contributed by atoms with Crippen LogP contribution < -0.4 is 5.32 Å². The topological polar surface area (TPSA) is 102 Å². The zero-order chi connectivity index (χ0) is 18.0. The van der Waals surface area contributed by atoms with E-state index in [1.165, 1.54) is 28.2 Å². The van der Waals surface area contributed by atoms with E-state index >= 15 is 0 Å². The Hall–Kier alpha value is -2.20. The maximum Gasteiger partial charge on any atom is 0.267 e. The van der Waals surface area contributed by atoms with Crippen LogP contribution in [-0.4, -0.2) is 58.3 Å². The molecular weight excluding hydrogens is 344 g/mol. The number of carbonyl (C=O) groups excluding carboxylic acids is 1. The maximum atomic E-state index is 13.0. The lowest BCUT2D eigenvalue weighted by atomic mass is 10.00. The van der Waals surface area contributed by atoms with E-state index in [1.807, 2.05) is 0 Å². The van der Waals surface area contributed by atoms with Gasteiger partial charge in [0.25, 0.3) is 5.91 Å². The van der Waals surface area contributed by atoms with Gasteiger partial charge < -0.3 is 9.88 Å². The normalized spacial score (nSPS) is 19.0. The van der Waals surface area contributed by atoms with Crippen molar-refractivity contribution in [3.05, 3.63) is 30.4 Å². The molecule has 1 atom stereocenters. The number of sulfonamides is 1. The third kappa shape index (κ3) is 3.59. The molecule has 2 aromatic rings. The number of nitrogens with one attached hydrogen (secondary N) is 1. The van der Waals surface area contributed by atoms with Crippen LogP contribution in [0.25, 0.3) is 0 Å². The van der Waals surface area contributed by atoms with Crippen molar-refractivity contribution >= 4 is 15.9 Å². The van der Waals surface area contributed by atoms with Gasteiger partial charge in [-0.15, -0.1) is 5.10 Å². The van der Waals surface area contributed by atoms with Gasteiger partial charge in [0.2, 0.25) is 10.0 Å². The van der Waals surface area contributed by atoms with E-state index in [0.29, 0.717) is 25.3 Å². The number of hydrogen-bond donors (Lipinski definition) is 1. The van der Waals surface area contributed by atoms with Gasteiger partial charge in [-0.3, -0.25) is 9.48 Å². The van der Waals surface area contributed by atoms with Gasteiger partial charge in [0.1, 0.15) is 10.6 Å². The molecular formula is C15H22N6O3S. The maximum absolute atomic E-state index is 13.0. The first-order valence-corrected chi connectivity index (χ1v) is 9.58. The second-order valence-electron chi connectivity index (χ2n) is 6.25. The summed E-state index contributed by atoms with van der Waals surface area (Å²) >= 11 is 0. The number of carbonyl (C=O) groups is 1. The summed E-state index contributed by atoms with van der Waals surface area (Å²) in [6.45, 7) is 1.57. The molecule has 0 aromatic carbocycles. The number of piperidine rings is 1. The van der Waals surface area contributed by atoms with Gasteiger partial charge in [-0.1, -0.05) is 5.21 Å². The van der Waals surface area contributed by atoms with Gasteiger partial charge >= 0.3 is 0 Å². The summed E-state index contributed by atoms with van der Waals surface area (Å²) in [6, 6.07) is 1.43. The molecule has 1 N–H and O–H groups in total. The minimum absolute atomic E-state index is 0.148. The van der Waals surface area contributed by atoms with Gasteiger partial charge in [0.05, 0.1) is 6.20 Å². The number of hydrogen-bond acceptors (Lipinski definition) is 5. The Bertz CT molecular complexity index is 843. The van der Waals surface area contributed by atoms with Crippen molar-refractivity contribution < 1.29 is 13.2 Å². The summed E-state index contributed by atoms with van der Waals surface area (Å²) in [5, 5.41) is 10.2. The molecule has 1 saturated heterocycles. The van der Waals surface area contributed by atoms with E-state index in [9.17, 15) is 13.2 Å². The van der Waals surface area contributed by atoms with Crippen LogP contribution in [0.5, 0.6) is 0 Å². The standard InChI is InChI=1S/C15H22N6O3S/c1-16-15(22)14-8-13(11-19(14)2)25(23,24)21-6-3-4-12(10-21)9-20-7-5-17-18-20/h5,7-8,11-12H,3-4,6,9-10H2,1-2H3,(H,16,22). The molecule has 3 heterocycles. The largest absolute Gasteiger partial charge is 0.354 e. The average molecular weight is 366 g/mol. The van der Waals surface area contributed by atoms with Gasteiger partial charge in [-0.05, 0) is 24.8 Å². The van der Waals surface area contributed by atoms with E-state index in [1.54, 1.807) is 24.1 Å². The van der Waals surface area contributed by atoms with Crippen LogP contribution in [0.2, 0.25) is 0 Å². The van der Waals surface area contributed by atoms with Crippen LogP contribution in [0.1, 0.15) is 23.3 Å². The number of aromatic nitrogens is 4. The summed E-state index contributed by atoms with van der Waals surface area (Å²) in [7, 11) is -0.453. The summed E-state index contributed by atoms with van der Waals surface area (Å²) < 4.78 is 30.7. The smallest absolute Gasteiger partial charge is 0.267 e. The van der Waals surface area contributed by atoms with Gasteiger partial charge in [0, 0.05) is 46.1 Å². The molecule has 0 aliphatic carbocycles. The van der Waals surface area contributed by atoms with E-state index in [0.717, 1.165) is 12.8 Å². The molecule has 0 spiro atoms. The highest BCUT2D eigenvalue weighted by Crippen LogP contribution is 2.25. The van der Waals surface area contributed by atoms with Crippen LogP contribution in [0.15, 0.2) is 29.6 Å². The lowest BCUT2D eigenvalue weighted by molar-refractivity contribution is 0.0955. The van der Waals surface area contributed by atoms with E-state index in [2.05, 4.69) is 15.6 Å². The number of rotatable bonds is 5. The zero-order valence-electron chi connectivity index (χ0n) is 14.3. The van der Waals surface area contributed by atoms with Crippen LogP contribution >= 0.6 is 0 Å². The lowest BCUT2D eigenvalue weighted by Crippen LogP contribution is -2.41. The van der Waals surface area contributed by atoms with Crippen molar-refractivity contribution in [2.24, 2.45) is 13.0 Å². The Kier molecular flexibility index (Phi) is 4.91. The van der Waals surface area contributed by atoms with Crippen molar-refractivity contribution in [3.8, 4) is 0 Å². The average Bonchev–Trinajstić information content (AvgIpc) is 3.24. The predicted molar refractivity (Wildman–Crippen MR) is 90.3 cm³/mol. The van der Waals surface area contributed by atoms with Crippen LogP contribution in [0.4, 0.5) is 0 Å². The summed E-state index contributed by atoms with van der Waals surface area (Å²) in [5.41, 5.74) is 0.317. The number of nitrogens with zero attached hydrogens (tertiary/aromatic N) is 5. The van der Waals surface area contributed by atoms with E-state index in [4.69, 9.17) is 0 Å². The number of amides is 1. The molecule has 0 saturated carbocycles. The van der Waals surface area contributed by atoms with Crippen molar-refractivity contribution in [1.82, 2.24) is 29.2 Å². The summed E-state index contributed by atoms with van der Waals surface area (Å²) in [5.74, 6) is -0.126. The van der Waals surface area contributed by atoms with E-state index in [-0.39, 0.29) is 16.7 Å². The fourth-order valence-corrected chi connectivity index (χ4v) is 4.79. The number of aryl methyl sites for hydroxylation is 1. The minimum atomic E-state index is -3.63. The molecule has 1 aliphatic heterocycles. The second-order valence-corrected chi connectivity index (χ2v) is 8.19. The highest BCUT2D eigenvalue weighted by atomic mass is 32.2. The van der Waals surface area contributed by atoms with Crippen LogP contribution in [0, 0.1) is 5.92 Å². The second kappa shape index (κ2) is 6.96. The van der Waals surface area contributed by atoms with Crippen LogP contribution in [-0.2, 0) is 23.6 Å². The molecule has 136 valence electrons. The SMILES string of the molecule is CNC(=O)c1cc(S(=O)(=O)N2CCCC(Cn3ccnn3)C2)cn1C. The first-order chi connectivity index (χ1) is 11.9. The first kappa shape index (κ1) is 17.6. The Morgan fingerprint density at radius 3 is 2.92 bits per heavy atom. The lowest BCUT2D eigenvalue weighted by Gasteiger charge is -2.31. The quantitative estimate of drug-likeness (QED) is 0.807. The molecule has 0 bridgehead atoms. The predicted octanol–water partition coefficient (Wildman–Crippen LogP) is 0.0771. The molecule has 3 rings (SSSR count). The van der Waals surface area contributed by atoms with Crippen molar-refractivity contribution in [2.45, 2.75) is 24.3 Å². The molecule has 1 fully saturated rings. The monoisotopic (exact) mass is 366 g/mol. The molecule has 0 radical (unpaired) electrons. The van der Waals surface area contributed by atoms with Gasteiger partial charge in [-0.2, -0.15) is 4.31 Å². The molecule has 1 unspecified atom stereocenters. The van der Waals surface area contributed by atoms with Crippen LogP contribution in [0.3, 0.4) is 0 Å². The minimum Gasteiger partial charge on any atom is -0.354 e. The third-order valence-electron chi connectivity index (χ3n) is 4.48. The van der Waals surface area contributed by atoms with Gasteiger partial charge in [0.15, 0.2) is 0 Å². The van der Waals surface area contributed by atoms with Gasteiger partial charge in [-0.25, -0.2) is 8.42 Å². The van der Waals surface area contributed by atoms with Crippen molar-refractivity contribution in [2.75, 3.05) is 20.1 Å². The highest BCUT2D eigenvalue weighted by molar-refractivity contribution is 7.89. The fourth-order valence-electron chi connectivity index (χ4n) is 3.17. The Balaban J connectivity index is 1.78. The van der Waals surface area contributed by atoms with E-state index < -0.39 is 10.0 Å². The van der Waals surface area contributed by atoms with Crippen molar-refractivity contribution in [3.63, 3.8) is 0 Å². The Morgan fingerprint density at radius 2 is 2.24 bits per heavy atom. The molecule has 25 heavy (non-hydrogen) atoms. The summed E-state index contributed by atoms with van der Waals surface area (Å²) in [4.78, 5) is 12.0. The molecule has 2 aromatic heterocycles. The Morgan fingerprint density at radius 1 is 1.44 bits per heavy atom. The zero-order valence-corrected chi connectivity index (χ0v) is 15.1. The molecule has 9 nitrogen and oxygen atoms in total. The molecule has 10 heteroatoms. The third-order valence-corrected chi connectivity index (χ3v) is 6.31. The molecule has 1 amide bonds. The Labute approximate surface area is 146 Å². The van der Waals surface area contributed by atoms with Crippen molar-refractivity contribution in [1.29, 1.82) is 0 Å².